The lowest BCUT2D eigenvalue weighted by atomic mass is 10.2. The van der Waals surface area contributed by atoms with Crippen LogP contribution < -0.4 is 5.32 Å². The van der Waals surface area contributed by atoms with Crippen LogP contribution in [0.25, 0.3) is 17.3 Å². The molecule has 9 heteroatoms. The number of furan rings is 1. The van der Waals surface area contributed by atoms with Crippen LogP contribution in [0, 0.1) is 26.7 Å². The largest absolute Gasteiger partial charge is 0.461 e. The third kappa shape index (κ3) is 5.03. The van der Waals surface area contributed by atoms with Crippen molar-refractivity contribution in [2.45, 2.75) is 46.3 Å². The number of amides is 1. The van der Waals surface area contributed by atoms with Gasteiger partial charge in [-0.15, -0.1) is 10.2 Å². The lowest BCUT2D eigenvalue weighted by molar-refractivity contribution is -0.113. The van der Waals surface area contributed by atoms with Crippen molar-refractivity contribution in [3.05, 3.63) is 59.6 Å². The molecule has 0 radical (unpaired) electrons. The van der Waals surface area contributed by atoms with Crippen molar-refractivity contribution in [1.82, 2.24) is 24.5 Å². The maximum atomic E-state index is 12.8. The number of rotatable bonds is 8. The average molecular weight is 465 g/mol. The van der Waals surface area contributed by atoms with Crippen LogP contribution in [0.2, 0.25) is 0 Å². The second-order valence-electron chi connectivity index (χ2n) is 8.42. The van der Waals surface area contributed by atoms with Gasteiger partial charge in [0.15, 0.2) is 16.7 Å². The number of benzene rings is 1. The quantitative estimate of drug-likeness (QED) is 0.368. The van der Waals surface area contributed by atoms with E-state index in [2.05, 4.69) is 34.5 Å². The molecule has 172 valence electrons. The molecule has 0 fully saturated rings. The minimum absolute atomic E-state index is 0.117. The number of carbonyl (C=O) groups is 1. The highest BCUT2D eigenvalue weighted by Crippen LogP contribution is 2.27. The summed E-state index contributed by atoms with van der Waals surface area (Å²) >= 11 is 1.36. The molecule has 0 saturated carbocycles. The number of nitrogens with zero attached hydrogens (tertiary/aromatic N) is 5. The van der Waals surface area contributed by atoms with Crippen molar-refractivity contribution < 1.29 is 9.21 Å². The second-order valence-corrected chi connectivity index (χ2v) is 9.36. The fourth-order valence-electron chi connectivity index (χ4n) is 3.58. The number of hydrogen-bond acceptors (Lipinski definition) is 6. The highest BCUT2D eigenvalue weighted by Gasteiger charge is 2.20. The Hall–Kier alpha value is -3.33. The monoisotopic (exact) mass is 464 g/mol. The SMILES string of the molecule is Cc1ccc(-n2nc(C)c(NC(=O)CSc3nnc(-c4ccco4)n3CC(C)C)c2C)cc1. The maximum absolute atomic E-state index is 12.8. The van der Waals surface area contributed by atoms with E-state index in [1.54, 1.807) is 6.26 Å². The highest BCUT2D eigenvalue weighted by atomic mass is 32.2. The molecule has 3 heterocycles. The Morgan fingerprint density at radius 1 is 1.12 bits per heavy atom. The van der Waals surface area contributed by atoms with E-state index in [1.807, 2.05) is 66.4 Å². The standard InChI is InChI=1S/C24H28N6O2S/c1-15(2)13-29-23(20-7-6-12-32-20)26-27-24(29)33-14-21(31)25-22-17(4)28-30(18(22)5)19-10-8-16(3)9-11-19/h6-12,15H,13-14H2,1-5H3,(H,25,31). The molecule has 0 aliphatic heterocycles. The van der Waals surface area contributed by atoms with Gasteiger partial charge in [0.25, 0.3) is 0 Å². The van der Waals surface area contributed by atoms with E-state index < -0.39 is 0 Å². The highest BCUT2D eigenvalue weighted by molar-refractivity contribution is 7.99. The van der Waals surface area contributed by atoms with Gasteiger partial charge in [-0.2, -0.15) is 5.10 Å². The first-order valence-electron chi connectivity index (χ1n) is 10.9. The van der Waals surface area contributed by atoms with Crippen molar-refractivity contribution in [3.63, 3.8) is 0 Å². The van der Waals surface area contributed by atoms with E-state index in [4.69, 9.17) is 4.42 Å². The van der Waals surface area contributed by atoms with E-state index in [9.17, 15) is 4.79 Å². The van der Waals surface area contributed by atoms with Crippen LogP contribution in [0.1, 0.15) is 30.8 Å². The lowest BCUT2D eigenvalue weighted by Gasteiger charge is -2.11. The first kappa shape index (κ1) is 22.8. The molecule has 0 saturated heterocycles. The number of thioether (sulfide) groups is 1. The first-order valence-corrected chi connectivity index (χ1v) is 11.8. The Balaban J connectivity index is 1.48. The summed E-state index contributed by atoms with van der Waals surface area (Å²) in [6.45, 7) is 10.9. The van der Waals surface area contributed by atoms with Crippen LogP contribution in [0.4, 0.5) is 5.69 Å². The molecule has 0 aliphatic rings. The van der Waals surface area contributed by atoms with Crippen molar-refractivity contribution in [2.24, 2.45) is 5.92 Å². The predicted molar refractivity (Wildman–Crippen MR) is 130 cm³/mol. The maximum Gasteiger partial charge on any atom is 0.234 e. The third-order valence-corrected chi connectivity index (χ3v) is 6.14. The van der Waals surface area contributed by atoms with Crippen molar-refractivity contribution >= 4 is 23.4 Å². The molecule has 0 aliphatic carbocycles. The molecule has 8 nitrogen and oxygen atoms in total. The summed E-state index contributed by atoms with van der Waals surface area (Å²) in [5, 5.41) is 16.9. The van der Waals surface area contributed by atoms with E-state index in [-0.39, 0.29) is 11.7 Å². The lowest BCUT2D eigenvalue weighted by Crippen LogP contribution is -2.16. The van der Waals surface area contributed by atoms with E-state index in [1.165, 1.54) is 17.3 Å². The minimum Gasteiger partial charge on any atom is -0.461 e. The van der Waals surface area contributed by atoms with Crippen molar-refractivity contribution in [3.8, 4) is 17.3 Å². The van der Waals surface area contributed by atoms with Gasteiger partial charge in [0.1, 0.15) is 0 Å². The molecular formula is C24H28N6O2S. The first-order chi connectivity index (χ1) is 15.8. The van der Waals surface area contributed by atoms with Crippen LogP contribution >= 0.6 is 11.8 Å². The van der Waals surface area contributed by atoms with Gasteiger partial charge in [0.05, 0.1) is 34.8 Å². The Kier molecular flexibility index (Phi) is 6.69. The zero-order valence-electron chi connectivity index (χ0n) is 19.5. The Morgan fingerprint density at radius 3 is 2.55 bits per heavy atom. The summed E-state index contributed by atoms with van der Waals surface area (Å²) < 4.78 is 9.37. The van der Waals surface area contributed by atoms with Crippen LogP contribution in [0.5, 0.6) is 0 Å². The van der Waals surface area contributed by atoms with E-state index in [0.29, 0.717) is 22.7 Å². The number of hydrogen-bond donors (Lipinski definition) is 1. The smallest absolute Gasteiger partial charge is 0.234 e. The molecule has 1 N–H and O–H groups in total. The van der Waals surface area contributed by atoms with Crippen LogP contribution in [-0.4, -0.2) is 36.2 Å². The summed E-state index contributed by atoms with van der Waals surface area (Å²) in [6.07, 6.45) is 1.62. The van der Waals surface area contributed by atoms with E-state index >= 15 is 0 Å². The molecule has 0 bridgehead atoms. The van der Waals surface area contributed by atoms with Gasteiger partial charge in [-0.05, 0) is 51.0 Å². The molecule has 33 heavy (non-hydrogen) atoms. The number of aromatic nitrogens is 5. The van der Waals surface area contributed by atoms with Crippen molar-refractivity contribution in [1.29, 1.82) is 0 Å². The summed E-state index contributed by atoms with van der Waals surface area (Å²) in [7, 11) is 0. The molecule has 1 aromatic carbocycles. The van der Waals surface area contributed by atoms with Crippen LogP contribution in [0.3, 0.4) is 0 Å². The fourth-order valence-corrected chi connectivity index (χ4v) is 4.33. The number of aryl methyl sites for hydroxylation is 2. The third-order valence-electron chi connectivity index (χ3n) is 5.17. The molecular weight excluding hydrogens is 436 g/mol. The molecule has 4 rings (SSSR count). The molecule has 4 aromatic rings. The van der Waals surface area contributed by atoms with Gasteiger partial charge in [-0.1, -0.05) is 43.3 Å². The van der Waals surface area contributed by atoms with Gasteiger partial charge in [0, 0.05) is 6.54 Å². The Bertz CT molecular complexity index is 1240. The molecule has 1 amide bonds. The number of carbonyl (C=O) groups excluding carboxylic acids is 1. The number of nitrogens with one attached hydrogen (secondary N) is 1. The normalized spacial score (nSPS) is 11.3. The van der Waals surface area contributed by atoms with Crippen molar-refractivity contribution in [2.75, 3.05) is 11.1 Å². The summed E-state index contributed by atoms with van der Waals surface area (Å²) in [5.74, 6) is 1.81. The summed E-state index contributed by atoms with van der Waals surface area (Å²) in [5.41, 5.74) is 4.54. The van der Waals surface area contributed by atoms with Gasteiger partial charge in [0.2, 0.25) is 5.91 Å². The van der Waals surface area contributed by atoms with Gasteiger partial charge in [-0.3, -0.25) is 9.36 Å². The van der Waals surface area contributed by atoms with Crippen LogP contribution in [0.15, 0.2) is 52.2 Å². The van der Waals surface area contributed by atoms with Gasteiger partial charge < -0.3 is 9.73 Å². The predicted octanol–water partition coefficient (Wildman–Crippen LogP) is 5.04. The second kappa shape index (κ2) is 9.66. The Labute approximate surface area is 197 Å². The fraction of sp³-hybridized carbons (Fsp3) is 0.333. The summed E-state index contributed by atoms with van der Waals surface area (Å²) in [6, 6.07) is 11.8. The molecule has 3 aromatic heterocycles. The van der Waals surface area contributed by atoms with Gasteiger partial charge >= 0.3 is 0 Å². The zero-order valence-corrected chi connectivity index (χ0v) is 20.3. The van der Waals surface area contributed by atoms with E-state index in [0.717, 1.165) is 29.3 Å². The molecule has 0 spiro atoms. The minimum atomic E-state index is -0.117. The molecule has 0 unspecified atom stereocenters. The molecule has 0 atom stereocenters. The van der Waals surface area contributed by atoms with Gasteiger partial charge in [-0.25, -0.2) is 4.68 Å². The average Bonchev–Trinajstić information content (AvgIpc) is 3.49. The Morgan fingerprint density at radius 2 is 1.88 bits per heavy atom. The topological polar surface area (TPSA) is 90.8 Å². The number of anilines is 1. The zero-order chi connectivity index (χ0) is 23.5. The van der Waals surface area contributed by atoms with Crippen LogP contribution in [-0.2, 0) is 11.3 Å². The summed E-state index contributed by atoms with van der Waals surface area (Å²) in [4.78, 5) is 12.8.